The smallest absolute Gasteiger partial charge is 0.261 e. The molecule has 3 aromatic heterocycles. The van der Waals surface area contributed by atoms with Gasteiger partial charge in [0.05, 0.1) is 40.8 Å². The van der Waals surface area contributed by atoms with E-state index in [1.54, 1.807) is 43.7 Å². The van der Waals surface area contributed by atoms with Crippen molar-refractivity contribution in [3.8, 4) is 23.3 Å². The second-order valence-corrected chi connectivity index (χ2v) is 25.9. The van der Waals surface area contributed by atoms with Crippen molar-refractivity contribution in [2.45, 2.75) is 156 Å². The number of imidazole rings is 1. The van der Waals surface area contributed by atoms with E-state index in [1.165, 1.54) is 6.07 Å². The number of carbonyl (C=O) groups is 2. The molecule has 4 aliphatic heterocycles. The van der Waals surface area contributed by atoms with Crippen LogP contribution in [0.15, 0.2) is 66.3 Å². The molecule has 14 aliphatic rings. The van der Waals surface area contributed by atoms with Gasteiger partial charge in [0, 0.05) is 92.5 Å². The molecule has 2 aromatic carbocycles. The summed E-state index contributed by atoms with van der Waals surface area (Å²) >= 11 is 0. The molecular weight excluding hydrogens is 987 g/mol. The predicted molar refractivity (Wildman–Crippen MR) is 284 cm³/mol. The molecule has 5 aromatic rings. The third-order valence-electron chi connectivity index (χ3n) is 22.7. The quantitative estimate of drug-likeness (QED) is 0.0728. The number of phenols is 1. The minimum Gasteiger partial charge on any atom is -0.507 e. The summed E-state index contributed by atoms with van der Waals surface area (Å²) < 4.78 is 15.0. The van der Waals surface area contributed by atoms with Gasteiger partial charge in [-0.1, -0.05) is 49.3 Å². The van der Waals surface area contributed by atoms with Crippen LogP contribution >= 0.6 is 0 Å². The van der Waals surface area contributed by atoms with Gasteiger partial charge in [-0.2, -0.15) is 0 Å². The number of pyridine rings is 1. The third-order valence-corrected chi connectivity index (χ3v) is 22.7. The Labute approximate surface area is 449 Å². The Bertz CT molecular complexity index is 3780. The number of hydrogen-bond donors (Lipinski definition) is 9. The summed E-state index contributed by atoms with van der Waals surface area (Å²) in [6, 6.07) is 6.22. The van der Waals surface area contributed by atoms with Crippen LogP contribution < -0.4 is 10.1 Å². The van der Waals surface area contributed by atoms with Gasteiger partial charge in [-0.25, -0.2) is 9.97 Å². The van der Waals surface area contributed by atoms with E-state index in [-0.39, 0.29) is 51.6 Å². The van der Waals surface area contributed by atoms with E-state index in [2.05, 4.69) is 44.3 Å². The van der Waals surface area contributed by atoms with Crippen molar-refractivity contribution in [2.75, 3.05) is 11.9 Å². The number of aliphatic hydroxyl groups excluding tert-OH is 5. The van der Waals surface area contributed by atoms with Crippen molar-refractivity contribution in [2.24, 2.45) is 27.6 Å². The number of benzene rings is 2. The van der Waals surface area contributed by atoms with Gasteiger partial charge in [0.2, 0.25) is 5.78 Å². The molecule has 15 heteroatoms. The first-order chi connectivity index (χ1) is 37.7. The van der Waals surface area contributed by atoms with Gasteiger partial charge >= 0.3 is 0 Å². The molecule has 0 amide bonds. The lowest BCUT2D eigenvalue weighted by atomic mass is 9.49. The highest BCUT2D eigenvalue weighted by Gasteiger charge is 2.77. The highest BCUT2D eigenvalue weighted by molar-refractivity contribution is 6.34. The molecule has 12 bridgehead atoms. The molecule has 19 rings (SSSR count). The third kappa shape index (κ3) is 5.18. The number of nitrogens with zero attached hydrogens (tertiary/aromatic N) is 2. The van der Waals surface area contributed by atoms with E-state index in [0.717, 1.165) is 85.9 Å². The molecule has 398 valence electrons. The lowest BCUT2D eigenvalue weighted by molar-refractivity contribution is -0.366. The maximum absolute atomic E-state index is 15.4. The van der Waals surface area contributed by atoms with Crippen LogP contribution in [0.5, 0.6) is 11.5 Å². The highest BCUT2D eigenvalue weighted by atomic mass is 16.7. The van der Waals surface area contributed by atoms with Crippen molar-refractivity contribution in [3.05, 3.63) is 122 Å². The summed E-state index contributed by atoms with van der Waals surface area (Å²) in [5.74, 6) is 2.96. The fourth-order valence-corrected chi connectivity index (χ4v) is 19.6. The van der Waals surface area contributed by atoms with Gasteiger partial charge in [0.15, 0.2) is 17.5 Å². The van der Waals surface area contributed by atoms with Crippen molar-refractivity contribution >= 4 is 39.8 Å². The maximum atomic E-state index is 15.4. The minimum absolute atomic E-state index is 0.0108. The Morgan fingerprint density at radius 2 is 1.72 bits per heavy atom. The largest absolute Gasteiger partial charge is 0.507 e. The molecular formula is C63H61N5O10. The number of aliphatic hydroxyl groups is 5. The van der Waals surface area contributed by atoms with Gasteiger partial charge < -0.3 is 55.4 Å². The van der Waals surface area contributed by atoms with Crippen LogP contribution in [0, 0.1) is 46.3 Å². The molecule has 78 heavy (non-hydrogen) atoms. The van der Waals surface area contributed by atoms with Crippen LogP contribution in [0.25, 0.3) is 22.4 Å². The average Bonchev–Trinajstić information content (AvgIpc) is 2.71. The number of carbonyl (C=O) groups excluding carboxylic acids is 2. The Kier molecular flexibility index (Phi) is 8.88. The number of aryl methyl sites for hydroxylation is 1. The zero-order valence-electron chi connectivity index (χ0n) is 43.3. The standard InChI is InChI=1S/C63H61N5O10/c1-30-21-35-42(38(69)22-30)50(72)45-39-23-34-32(43(45)49(35)71)10-20-65-55(34)66-27-41(70)60-17-8-31-7-6-14-59-13-4-5-15-61(59,40-26-64-29-67-40)52-33(9-16-59)44(46(31)60)48(68-52)36-24-62(77-39)53(74)51(73)54(75)63(78-62)47(36)37(60)25-58(56(63)76)19-18-57(28-58)11-2-3-12-57/h9-10,16,20-24,26,29,31,41,46,51,53-54,56,68-70,73-76H,2-5,8,11-15,17-19,25,27-28H2,1H3,(H,64,67)(H,65,66)/t31-,41-,46+,51-,53-,54+,56+,58+,59-,60+,61-,62-,63+/m1/s1. The highest BCUT2D eigenvalue weighted by Crippen LogP contribution is 2.75. The summed E-state index contributed by atoms with van der Waals surface area (Å²) in [6.45, 7) is 1.70. The van der Waals surface area contributed by atoms with Crippen LogP contribution in [0.1, 0.15) is 168 Å². The van der Waals surface area contributed by atoms with Crippen LogP contribution in [0.3, 0.4) is 0 Å². The number of rotatable bonds is 1. The summed E-state index contributed by atoms with van der Waals surface area (Å²) in [4.78, 5) is 47.8. The average molecular weight is 1050 g/mol. The molecule has 7 heterocycles. The normalized spacial score (nSPS) is 39.4. The maximum Gasteiger partial charge on any atom is 0.261 e. The first kappa shape index (κ1) is 46.5. The number of ketones is 2. The number of H-pyrrole nitrogens is 2. The summed E-state index contributed by atoms with van der Waals surface area (Å²) in [7, 11) is 0. The summed E-state index contributed by atoms with van der Waals surface area (Å²) in [5.41, 5.74) is 1.02. The zero-order chi connectivity index (χ0) is 52.8. The van der Waals surface area contributed by atoms with Crippen molar-refractivity contribution in [3.63, 3.8) is 0 Å². The van der Waals surface area contributed by atoms with Crippen LogP contribution in [-0.4, -0.2) is 111 Å². The molecule has 13 atom stereocenters. The second kappa shape index (κ2) is 14.9. The molecule has 5 fully saturated rings. The van der Waals surface area contributed by atoms with Gasteiger partial charge in [-0.15, -0.1) is 5.92 Å². The predicted octanol–water partition coefficient (Wildman–Crippen LogP) is 7.45. The van der Waals surface area contributed by atoms with Gasteiger partial charge in [-0.05, 0) is 129 Å². The lowest BCUT2D eigenvalue weighted by Crippen LogP contribution is -2.79. The van der Waals surface area contributed by atoms with Crippen LogP contribution in [-0.2, 0) is 10.2 Å². The fourth-order valence-electron chi connectivity index (χ4n) is 19.6. The number of aromatic amines is 2. The zero-order valence-corrected chi connectivity index (χ0v) is 43.3. The Balaban J connectivity index is 1.03. The van der Waals surface area contributed by atoms with Crippen LogP contribution in [0.4, 0.5) is 5.82 Å². The molecule has 10 aliphatic carbocycles. The van der Waals surface area contributed by atoms with Crippen molar-refractivity contribution in [1.29, 1.82) is 0 Å². The van der Waals surface area contributed by atoms with E-state index in [0.29, 0.717) is 77.5 Å². The number of anilines is 1. The monoisotopic (exact) mass is 1050 g/mol. The SMILES string of the molecule is Cc1cc(O)c2c(c1)C(=O)c1c(c3cc4c(nccc14)NC[C@@H](O)[C@@]14CC[C@H]5C#CC[C@]67C=Cc8c([nH]c(c8[C@H]51)C1=C[C@@]5(O3)O[C@@]3(C1=C4C[C@]1(CCC4(CCCC4)C1)[C@@H]3O)[C@@H](O)[C@H](O)[C@H]5O)[C@]6(c1cnc[nH]1)CCCC7)C2=O. The van der Waals surface area contributed by atoms with Crippen LogP contribution in [0.2, 0.25) is 0 Å². The Morgan fingerprint density at radius 1 is 0.885 bits per heavy atom. The van der Waals surface area contributed by atoms with E-state index in [9.17, 15) is 30.6 Å². The van der Waals surface area contributed by atoms with E-state index < -0.39 is 81.1 Å². The number of phenolic OH excluding ortho intramolecular Hbond substituents is 1. The molecule has 0 radical (unpaired) electrons. The van der Waals surface area contributed by atoms with Gasteiger partial charge in [-0.3, -0.25) is 9.59 Å². The first-order valence-electron chi connectivity index (χ1n) is 28.5. The number of fused-ring (bicyclic) bond motifs is 6. The molecule has 9 N–H and O–H groups in total. The number of nitrogens with one attached hydrogen (secondary N) is 3. The minimum atomic E-state index is -2.49. The summed E-state index contributed by atoms with van der Waals surface area (Å²) in [5, 5.41) is 83.4. The van der Waals surface area contributed by atoms with E-state index in [1.807, 2.05) is 6.20 Å². The number of aromatic nitrogens is 4. The molecule has 15 nitrogen and oxygen atoms in total. The molecule has 4 saturated carbocycles. The van der Waals surface area contributed by atoms with Gasteiger partial charge in [0.1, 0.15) is 29.5 Å². The number of ether oxygens (including phenoxy) is 2. The topological polar surface area (TPSA) is 243 Å². The Hall–Kier alpha value is -6.38. The van der Waals surface area contributed by atoms with Gasteiger partial charge in [0.25, 0.3) is 5.79 Å². The Morgan fingerprint density at radius 3 is 2.55 bits per heavy atom. The fraction of sp³-hybridized carbons (Fsp3) is 0.492. The molecule has 0 unspecified atom stereocenters. The number of hydrogen-bond acceptors (Lipinski definition) is 13. The number of allylic oxidation sites excluding steroid dienone is 1. The first-order valence-corrected chi connectivity index (χ1v) is 28.5. The van der Waals surface area contributed by atoms with Crippen molar-refractivity contribution < 1.29 is 49.7 Å². The number of aromatic hydroxyl groups is 1. The summed E-state index contributed by atoms with van der Waals surface area (Å²) in [6.07, 6.45) is 14.8. The molecule has 1 saturated heterocycles. The second-order valence-electron chi connectivity index (χ2n) is 25.9. The van der Waals surface area contributed by atoms with E-state index >= 15 is 9.59 Å². The lowest BCUT2D eigenvalue weighted by Gasteiger charge is -2.64. The van der Waals surface area contributed by atoms with Crippen molar-refractivity contribution in [1.82, 2.24) is 19.9 Å². The van der Waals surface area contributed by atoms with E-state index in [4.69, 9.17) is 14.5 Å². The molecule has 6 spiro atoms.